The molecule has 1 aromatic heterocycles. The highest BCUT2D eigenvalue weighted by molar-refractivity contribution is 6.30. The van der Waals surface area contributed by atoms with Crippen LogP contribution in [0.2, 0.25) is 5.02 Å². The number of hydrogen-bond acceptors (Lipinski definition) is 2. The van der Waals surface area contributed by atoms with Gasteiger partial charge in [0.2, 0.25) is 0 Å². The minimum Gasteiger partial charge on any atom is -0.385 e. The Labute approximate surface area is 106 Å². The Kier molecular flexibility index (Phi) is 3.22. The van der Waals surface area contributed by atoms with E-state index in [1.54, 1.807) is 23.7 Å². The lowest BCUT2D eigenvalue weighted by Crippen LogP contribution is -2.24. The van der Waals surface area contributed by atoms with Crippen LogP contribution in [0.5, 0.6) is 0 Å². The summed E-state index contributed by atoms with van der Waals surface area (Å²) in [5.41, 5.74) is 0.777. The Morgan fingerprint density at radius 1 is 1.29 bits per heavy atom. The molecule has 0 radical (unpaired) electrons. The van der Waals surface area contributed by atoms with Gasteiger partial charge in [-0.1, -0.05) is 23.7 Å². The molecule has 2 aromatic rings. The van der Waals surface area contributed by atoms with E-state index in [9.17, 15) is 5.11 Å². The van der Waals surface area contributed by atoms with Crippen molar-refractivity contribution >= 4 is 11.6 Å². The molecule has 1 aromatic carbocycles. The molecule has 1 atom stereocenters. The smallest absolute Gasteiger partial charge is 0.0924 e. The molecule has 0 amide bonds. The number of benzene rings is 1. The molecule has 1 unspecified atom stereocenters. The highest BCUT2D eigenvalue weighted by Crippen LogP contribution is 2.25. The van der Waals surface area contributed by atoms with Gasteiger partial charge in [0.05, 0.1) is 11.3 Å². The molecule has 90 valence electrons. The molecule has 4 heteroatoms. The molecule has 0 aliphatic carbocycles. The Morgan fingerprint density at radius 2 is 1.94 bits per heavy atom. The summed E-state index contributed by atoms with van der Waals surface area (Å²) < 4.78 is 1.73. The maximum atomic E-state index is 10.4. The van der Waals surface area contributed by atoms with E-state index >= 15 is 0 Å². The topological polar surface area (TPSA) is 38.0 Å². The van der Waals surface area contributed by atoms with E-state index in [4.69, 9.17) is 11.6 Å². The number of hydrogen-bond donors (Lipinski definition) is 1. The quantitative estimate of drug-likeness (QED) is 0.909. The fraction of sp³-hybridized carbons (Fsp3) is 0.308. The molecule has 0 saturated heterocycles. The van der Waals surface area contributed by atoms with E-state index in [0.717, 1.165) is 11.3 Å². The zero-order valence-electron chi connectivity index (χ0n) is 9.89. The minimum atomic E-state index is -0.932. The summed E-state index contributed by atoms with van der Waals surface area (Å²) in [6.45, 7) is 1.78. The van der Waals surface area contributed by atoms with Crippen LogP contribution in [0.1, 0.15) is 18.2 Å². The molecule has 2 rings (SSSR count). The number of aromatic nitrogens is 2. The summed E-state index contributed by atoms with van der Waals surface area (Å²) in [6.07, 6.45) is 2.35. The summed E-state index contributed by atoms with van der Waals surface area (Å²) in [6, 6.07) is 9.15. The Morgan fingerprint density at radius 3 is 2.47 bits per heavy atom. The van der Waals surface area contributed by atoms with Crippen molar-refractivity contribution in [2.75, 3.05) is 0 Å². The number of aryl methyl sites for hydroxylation is 1. The van der Waals surface area contributed by atoms with Crippen LogP contribution in [0.25, 0.3) is 0 Å². The Bertz CT molecular complexity index is 502. The van der Waals surface area contributed by atoms with Crippen LogP contribution < -0.4 is 0 Å². The van der Waals surface area contributed by atoms with Gasteiger partial charge in [-0.3, -0.25) is 4.68 Å². The normalized spacial score (nSPS) is 14.6. The molecule has 0 aliphatic rings. The van der Waals surface area contributed by atoms with Crippen LogP contribution in [0.4, 0.5) is 0 Å². The van der Waals surface area contributed by atoms with Crippen molar-refractivity contribution in [2.45, 2.75) is 18.9 Å². The fourth-order valence-electron chi connectivity index (χ4n) is 1.82. The summed E-state index contributed by atoms with van der Waals surface area (Å²) in [4.78, 5) is 0. The molecule has 0 saturated carbocycles. The van der Waals surface area contributed by atoms with Crippen molar-refractivity contribution in [3.05, 3.63) is 52.8 Å². The van der Waals surface area contributed by atoms with E-state index in [0.29, 0.717) is 11.4 Å². The van der Waals surface area contributed by atoms with Crippen molar-refractivity contribution < 1.29 is 5.11 Å². The van der Waals surface area contributed by atoms with Crippen molar-refractivity contribution in [2.24, 2.45) is 7.05 Å². The predicted molar refractivity (Wildman–Crippen MR) is 67.9 cm³/mol. The van der Waals surface area contributed by atoms with E-state index in [1.807, 2.05) is 31.4 Å². The van der Waals surface area contributed by atoms with Crippen LogP contribution in [-0.2, 0) is 19.1 Å². The molecule has 0 aliphatic heterocycles. The number of halogens is 1. The summed E-state index contributed by atoms with van der Waals surface area (Å²) >= 11 is 5.83. The standard InChI is InChI=1S/C13H15ClN2O/c1-13(17,9-12-7-8-16(2)15-12)10-3-5-11(14)6-4-10/h3-8,17H,9H2,1-2H3. The highest BCUT2D eigenvalue weighted by Gasteiger charge is 2.24. The first kappa shape index (κ1) is 12.1. The van der Waals surface area contributed by atoms with Gasteiger partial charge in [-0.05, 0) is 30.7 Å². The Hall–Kier alpha value is -1.32. The monoisotopic (exact) mass is 250 g/mol. The first-order chi connectivity index (χ1) is 7.97. The van der Waals surface area contributed by atoms with Gasteiger partial charge in [-0.25, -0.2) is 0 Å². The molecular weight excluding hydrogens is 236 g/mol. The SMILES string of the molecule is Cn1ccc(CC(C)(O)c2ccc(Cl)cc2)n1. The first-order valence-corrected chi connectivity index (χ1v) is 5.82. The number of nitrogens with zero attached hydrogens (tertiary/aromatic N) is 2. The van der Waals surface area contributed by atoms with E-state index in [-0.39, 0.29) is 0 Å². The third-order valence-corrected chi connectivity index (χ3v) is 3.01. The van der Waals surface area contributed by atoms with Crippen molar-refractivity contribution in [3.8, 4) is 0 Å². The van der Waals surface area contributed by atoms with E-state index in [1.165, 1.54) is 0 Å². The molecule has 0 fully saturated rings. The molecule has 0 spiro atoms. The summed E-state index contributed by atoms with van der Waals surface area (Å²) in [5, 5.41) is 15.4. The van der Waals surface area contributed by atoms with Crippen LogP contribution in [0.15, 0.2) is 36.5 Å². The van der Waals surface area contributed by atoms with Crippen molar-refractivity contribution in [3.63, 3.8) is 0 Å². The lowest BCUT2D eigenvalue weighted by molar-refractivity contribution is 0.0565. The minimum absolute atomic E-state index is 0.482. The second-order valence-electron chi connectivity index (χ2n) is 4.44. The number of aliphatic hydroxyl groups is 1. The fourth-order valence-corrected chi connectivity index (χ4v) is 1.95. The maximum absolute atomic E-state index is 10.4. The second-order valence-corrected chi connectivity index (χ2v) is 4.87. The lowest BCUT2D eigenvalue weighted by atomic mass is 9.91. The second kappa shape index (κ2) is 4.51. The van der Waals surface area contributed by atoms with Crippen molar-refractivity contribution in [1.29, 1.82) is 0 Å². The van der Waals surface area contributed by atoms with E-state index < -0.39 is 5.60 Å². The van der Waals surface area contributed by atoms with Gasteiger partial charge < -0.3 is 5.11 Å². The third-order valence-electron chi connectivity index (χ3n) is 2.76. The van der Waals surface area contributed by atoms with Gasteiger partial charge in [-0.15, -0.1) is 0 Å². The maximum Gasteiger partial charge on any atom is 0.0924 e. The van der Waals surface area contributed by atoms with Crippen LogP contribution in [-0.4, -0.2) is 14.9 Å². The first-order valence-electron chi connectivity index (χ1n) is 5.44. The van der Waals surface area contributed by atoms with Crippen molar-refractivity contribution in [1.82, 2.24) is 9.78 Å². The number of rotatable bonds is 3. The summed E-state index contributed by atoms with van der Waals surface area (Å²) in [5.74, 6) is 0. The van der Waals surface area contributed by atoms with E-state index in [2.05, 4.69) is 5.10 Å². The average molecular weight is 251 g/mol. The Balaban J connectivity index is 2.21. The van der Waals surface area contributed by atoms with Crippen LogP contribution in [0, 0.1) is 0 Å². The molecule has 17 heavy (non-hydrogen) atoms. The van der Waals surface area contributed by atoms with Crippen LogP contribution in [0.3, 0.4) is 0 Å². The van der Waals surface area contributed by atoms with Gasteiger partial charge in [0.25, 0.3) is 0 Å². The van der Waals surface area contributed by atoms with Gasteiger partial charge in [0, 0.05) is 24.7 Å². The molecule has 1 heterocycles. The molecule has 3 nitrogen and oxygen atoms in total. The lowest BCUT2D eigenvalue weighted by Gasteiger charge is -2.22. The zero-order chi connectivity index (χ0) is 12.5. The third kappa shape index (κ3) is 2.87. The molecular formula is C13H15ClN2O. The highest BCUT2D eigenvalue weighted by atomic mass is 35.5. The summed E-state index contributed by atoms with van der Waals surface area (Å²) in [7, 11) is 1.86. The van der Waals surface area contributed by atoms with Gasteiger partial charge in [0.1, 0.15) is 0 Å². The predicted octanol–water partition coefficient (Wildman–Crippen LogP) is 2.52. The molecule has 0 bridgehead atoms. The van der Waals surface area contributed by atoms with Gasteiger partial charge in [0.15, 0.2) is 0 Å². The van der Waals surface area contributed by atoms with Crippen LogP contribution >= 0.6 is 11.6 Å². The van der Waals surface area contributed by atoms with Gasteiger partial charge in [-0.2, -0.15) is 5.10 Å². The molecule has 1 N–H and O–H groups in total. The van der Waals surface area contributed by atoms with Gasteiger partial charge >= 0.3 is 0 Å². The zero-order valence-corrected chi connectivity index (χ0v) is 10.6. The average Bonchev–Trinajstić information content (AvgIpc) is 2.63. The largest absolute Gasteiger partial charge is 0.385 e.